The van der Waals surface area contributed by atoms with E-state index >= 15 is 0 Å². The highest BCUT2D eigenvalue weighted by Crippen LogP contribution is 2.22. The van der Waals surface area contributed by atoms with Gasteiger partial charge in [-0.3, -0.25) is 9.59 Å². The standard InChI is InChI=1S/C24H46O6/c1-3-5-6-7-8-9-10-11-12-13-14-15-16-21(23(28)29)17-22(27)30-20-24(4-2,18-25)19-26/h21,25-26H,3-20H2,1-2H3,(H,28,29). The molecule has 0 aliphatic rings. The van der Waals surface area contributed by atoms with Crippen molar-refractivity contribution in [2.24, 2.45) is 11.3 Å². The van der Waals surface area contributed by atoms with Crippen molar-refractivity contribution in [3.63, 3.8) is 0 Å². The number of rotatable bonds is 21. The maximum atomic E-state index is 12.0. The second kappa shape index (κ2) is 18.6. The molecule has 0 saturated heterocycles. The van der Waals surface area contributed by atoms with Crippen LogP contribution in [-0.4, -0.2) is 47.1 Å². The molecule has 0 aromatic rings. The average molecular weight is 431 g/mol. The smallest absolute Gasteiger partial charge is 0.307 e. The highest BCUT2D eigenvalue weighted by Gasteiger charge is 2.30. The Kier molecular flexibility index (Phi) is 17.9. The number of aliphatic hydroxyl groups excluding tert-OH is 2. The van der Waals surface area contributed by atoms with Crippen LogP contribution in [-0.2, 0) is 14.3 Å². The number of carboxylic acid groups (broad SMARTS) is 1. The molecule has 0 aromatic heterocycles. The second-order valence-electron chi connectivity index (χ2n) is 8.75. The summed E-state index contributed by atoms with van der Waals surface area (Å²) in [6.45, 7) is 3.37. The fourth-order valence-electron chi connectivity index (χ4n) is 3.51. The van der Waals surface area contributed by atoms with Gasteiger partial charge in [0.1, 0.15) is 6.61 Å². The van der Waals surface area contributed by atoms with Crippen LogP contribution in [0.4, 0.5) is 0 Å². The molecule has 30 heavy (non-hydrogen) atoms. The predicted molar refractivity (Wildman–Crippen MR) is 119 cm³/mol. The molecule has 0 aliphatic carbocycles. The van der Waals surface area contributed by atoms with Gasteiger partial charge in [-0.25, -0.2) is 0 Å². The zero-order valence-corrected chi connectivity index (χ0v) is 19.4. The molecule has 0 bridgehead atoms. The van der Waals surface area contributed by atoms with E-state index in [1.54, 1.807) is 6.92 Å². The molecule has 178 valence electrons. The van der Waals surface area contributed by atoms with E-state index in [0.29, 0.717) is 12.8 Å². The fourth-order valence-corrected chi connectivity index (χ4v) is 3.51. The van der Waals surface area contributed by atoms with Crippen LogP contribution >= 0.6 is 0 Å². The second-order valence-corrected chi connectivity index (χ2v) is 8.75. The summed E-state index contributed by atoms with van der Waals surface area (Å²) >= 11 is 0. The maximum Gasteiger partial charge on any atom is 0.307 e. The monoisotopic (exact) mass is 430 g/mol. The number of ether oxygens (including phenoxy) is 1. The quantitative estimate of drug-likeness (QED) is 0.173. The first-order valence-corrected chi connectivity index (χ1v) is 12.0. The lowest BCUT2D eigenvalue weighted by Crippen LogP contribution is -2.35. The Balaban J connectivity index is 3.90. The molecule has 1 atom stereocenters. The van der Waals surface area contributed by atoms with E-state index in [1.807, 2.05) is 0 Å². The molecule has 0 saturated carbocycles. The van der Waals surface area contributed by atoms with Crippen LogP contribution in [0.15, 0.2) is 0 Å². The van der Waals surface area contributed by atoms with Crippen molar-refractivity contribution >= 4 is 11.9 Å². The van der Waals surface area contributed by atoms with Gasteiger partial charge >= 0.3 is 11.9 Å². The number of carbonyl (C=O) groups is 2. The molecule has 0 radical (unpaired) electrons. The molecule has 0 amide bonds. The highest BCUT2D eigenvalue weighted by atomic mass is 16.5. The summed E-state index contributed by atoms with van der Waals surface area (Å²) in [5, 5.41) is 28.2. The molecule has 6 heteroatoms. The minimum absolute atomic E-state index is 0.0969. The van der Waals surface area contributed by atoms with E-state index in [-0.39, 0.29) is 26.2 Å². The van der Waals surface area contributed by atoms with Crippen LogP contribution in [0.2, 0.25) is 0 Å². The molecule has 3 N–H and O–H groups in total. The lowest BCUT2D eigenvalue weighted by atomic mass is 9.88. The van der Waals surface area contributed by atoms with E-state index in [4.69, 9.17) is 4.74 Å². The topological polar surface area (TPSA) is 104 Å². The summed E-state index contributed by atoms with van der Waals surface area (Å²) in [4.78, 5) is 23.5. The molecular weight excluding hydrogens is 384 g/mol. The number of aliphatic carboxylic acids is 1. The first-order valence-electron chi connectivity index (χ1n) is 12.0. The molecule has 0 spiro atoms. The molecule has 0 fully saturated rings. The molecular formula is C24H46O6. The van der Waals surface area contributed by atoms with Gasteiger partial charge in [-0.1, -0.05) is 90.9 Å². The van der Waals surface area contributed by atoms with Crippen LogP contribution in [0.3, 0.4) is 0 Å². The number of hydrogen-bond acceptors (Lipinski definition) is 5. The Bertz CT molecular complexity index is 425. The summed E-state index contributed by atoms with van der Waals surface area (Å²) in [5.74, 6) is -2.29. The van der Waals surface area contributed by atoms with Crippen LogP contribution in [0, 0.1) is 11.3 Å². The van der Waals surface area contributed by atoms with Gasteiger partial charge in [-0.15, -0.1) is 0 Å². The molecule has 0 rings (SSSR count). The van der Waals surface area contributed by atoms with Gasteiger partial charge in [-0.05, 0) is 12.8 Å². The van der Waals surface area contributed by atoms with E-state index in [0.717, 1.165) is 19.3 Å². The van der Waals surface area contributed by atoms with E-state index in [9.17, 15) is 24.9 Å². The van der Waals surface area contributed by atoms with Gasteiger partial charge in [-0.2, -0.15) is 0 Å². The third-order valence-corrected chi connectivity index (χ3v) is 6.13. The Hall–Kier alpha value is -1.14. The lowest BCUT2D eigenvalue weighted by Gasteiger charge is -2.27. The zero-order valence-electron chi connectivity index (χ0n) is 19.4. The van der Waals surface area contributed by atoms with Gasteiger partial charge in [0.05, 0.1) is 31.0 Å². The average Bonchev–Trinajstić information content (AvgIpc) is 2.75. The van der Waals surface area contributed by atoms with E-state index < -0.39 is 23.3 Å². The largest absolute Gasteiger partial charge is 0.481 e. The lowest BCUT2D eigenvalue weighted by molar-refractivity contribution is -0.155. The Morgan fingerprint density at radius 2 is 1.27 bits per heavy atom. The Morgan fingerprint density at radius 1 is 0.800 bits per heavy atom. The van der Waals surface area contributed by atoms with Crippen molar-refractivity contribution in [2.45, 2.75) is 110 Å². The summed E-state index contributed by atoms with van der Waals surface area (Å²) in [6, 6.07) is 0. The third kappa shape index (κ3) is 14.0. The van der Waals surface area contributed by atoms with Gasteiger partial charge in [0.15, 0.2) is 0 Å². The van der Waals surface area contributed by atoms with Gasteiger partial charge in [0, 0.05) is 0 Å². The van der Waals surface area contributed by atoms with Crippen LogP contribution < -0.4 is 0 Å². The van der Waals surface area contributed by atoms with Crippen molar-refractivity contribution in [1.82, 2.24) is 0 Å². The number of esters is 1. The third-order valence-electron chi connectivity index (χ3n) is 6.13. The van der Waals surface area contributed by atoms with Crippen LogP contribution in [0.25, 0.3) is 0 Å². The van der Waals surface area contributed by atoms with Crippen molar-refractivity contribution in [2.75, 3.05) is 19.8 Å². The molecule has 0 aliphatic heterocycles. The SMILES string of the molecule is CCCCCCCCCCCCCCC(CC(=O)OCC(CC)(CO)CO)C(=O)O. The minimum Gasteiger partial charge on any atom is -0.481 e. The van der Waals surface area contributed by atoms with Crippen molar-refractivity contribution in [3.8, 4) is 0 Å². The Morgan fingerprint density at radius 3 is 1.67 bits per heavy atom. The van der Waals surface area contributed by atoms with Gasteiger partial charge < -0.3 is 20.1 Å². The number of carboxylic acids is 1. The fraction of sp³-hybridized carbons (Fsp3) is 0.917. The minimum atomic E-state index is -0.971. The number of hydrogen-bond donors (Lipinski definition) is 3. The molecule has 0 aromatic carbocycles. The molecule has 0 heterocycles. The van der Waals surface area contributed by atoms with E-state index in [2.05, 4.69) is 6.92 Å². The predicted octanol–water partition coefficient (Wildman–Crippen LogP) is 5.09. The maximum absolute atomic E-state index is 12.0. The van der Waals surface area contributed by atoms with Gasteiger partial charge in [0.2, 0.25) is 0 Å². The number of unbranched alkanes of at least 4 members (excludes halogenated alkanes) is 11. The first-order chi connectivity index (χ1) is 14.4. The number of carbonyl (C=O) groups excluding carboxylic acids is 1. The van der Waals surface area contributed by atoms with Crippen LogP contribution in [0.5, 0.6) is 0 Å². The summed E-state index contributed by atoms with van der Waals surface area (Å²) in [6.07, 6.45) is 15.4. The molecule has 6 nitrogen and oxygen atoms in total. The highest BCUT2D eigenvalue weighted by molar-refractivity contribution is 5.78. The van der Waals surface area contributed by atoms with Crippen molar-refractivity contribution < 1.29 is 29.6 Å². The molecule has 1 unspecified atom stereocenters. The summed E-state index contributed by atoms with van der Waals surface area (Å²) in [5.41, 5.74) is -0.857. The van der Waals surface area contributed by atoms with Gasteiger partial charge in [0.25, 0.3) is 0 Å². The summed E-state index contributed by atoms with van der Waals surface area (Å²) in [7, 11) is 0. The van der Waals surface area contributed by atoms with Crippen LogP contribution in [0.1, 0.15) is 110 Å². The Labute approximate surface area is 183 Å². The van der Waals surface area contributed by atoms with E-state index in [1.165, 1.54) is 57.8 Å². The number of aliphatic hydroxyl groups is 2. The van der Waals surface area contributed by atoms with Crippen molar-refractivity contribution in [1.29, 1.82) is 0 Å². The summed E-state index contributed by atoms with van der Waals surface area (Å²) < 4.78 is 5.15. The van der Waals surface area contributed by atoms with Crippen molar-refractivity contribution in [3.05, 3.63) is 0 Å². The normalized spacial score (nSPS) is 12.7. The first kappa shape index (κ1) is 28.9. The zero-order chi connectivity index (χ0) is 22.7.